The number of amides is 1. The molecule has 0 aromatic heterocycles. The molecule has 0 saturated carbocycles. The SMILES string of the molecule is CC(C)(C)S(=O)CC(=O)Nc1cc(N)ccc1F. The third kappa shape index (κ3) is 4.10. The molecule has 0 bridgehead atoms. The van der Waals surface area contributed by atoms with Gasteiger partial charge in [-0.2, -0.15) is 0 Å². The van der Waals surface area contributed by atoms with E-state index in [9.17, 15) is 13.4 Å². The van der Waals surface area contributed by atoms with Gasteiger partial charge in [0.1, 0.15) is 11.6 Å². The minimum Gasteiger partial charge on any atom is -0.399 e. The number of carbonyl (C=O) groups is 1. The maximum atomic E-state index is 13.4. The van der Waals surface area contributed by atoms with Crippen molar-refractivity contribution in [1.29, 1.82) is 0 Å². The van der Waals surface area contributed by atoms with Gasteiger partial charge in [0.2, 0.25) is 5.91 Å². The Balaban J connectivity index is 2.71. The highest BCUT2D eigenvalue weighted by Crippen LogP contribution is 2.18. The Hall–Kier alpha value is -1.43. The van der Waals surface area contributed by atoms with Crippen LogP contribution in [0.1, 0.15) is 20.8 Å². The van der Waals surface area contributed by atoms with Crippen molar-refractivity contribution in [2.24, 2.45) is 0 Å². The summed E-state index contributed by atoms with van der Waals surface area (Å²) in [5, 5.41) is 2.37. The van der Waals surface area contributed by atoms with Crippen molar-refractivity contribution in [2.45, 2.75) is 25.5 Å². The number of hydrogen-bond acceptors (Lipinski definition) is 3. The molecule has 1 aromatic carbocycles. The average Bonchev–Trinajstić information content (AvgIpc) is 2.22. The molecule has 1 unspecified atom stereocenters. The number of hydrogen-bond donors (Lipinski definition) is 2. The molecular weight excluding hydrogens is 255 g/mol. The first-order valence-corrected chi connectivity index (χ1v) is 6.75. The van der Waals surface area contributed by atoms with Crippen LogP contribution in [0.5, 0.6) is 0 Å². The van der Waals surface area contributed by atoms with E-state index in [0.717, 1.165) is 0 Å². The van der Waals surface area contributed by atoms with Crippen molar-refractivity contribution in [1.82, 2.24) is 0 Å². The third-order valence-electron chi connectivity index (χ3n) is 2.21. The van der Waals surface area contributed by atoms with E-state index in [1.807, 2.05) is 0 Å². The minimum atomic E-state index is -1.32. The third-order valence-corrected chi connectivity index (χ3v) is 4.10. The van der Waals surface area contributed by atoms with Crippen LogP contribution in [0.3, 0.4) is 0 Å². The molecule has 6 heteroatoms. The van der Waals surface area contributed by atoms with Crippen LogP contribution in [0, 0.1) is 5.82 Å². The Morgan fingerprint density at radius 1 is 1.44 bits per heavy atom. The van der Waals surface area contributed by atoms with E-state index in [0.29, 0.717) is 5.69 Å². The lowest BCUT2D eigenvalue weighted by atomic mass is 10.2. The van der Waals surface area contributed by atoms with Crippen molar-refractivity contribution < 1.29 is 13.4 Å². The maximum absolute atomic E-state index is 13.4. The fourth-order valence-electron chi connectivity index (χ4n) is 1.16. The van der Waals surface area contributed by atoms with Gasteiger partial charge in [0.25, 0.3) is 0 Å². The molecule has 0 saturated heterocycles. The summed E-state index contributed by atoms with van der Waals surface area (Å²) in [4.78, 5) is 11.6. The summed E-state index contributed by atoms with van der Waals surface area (Å²) in [5.74, 6) is -1.23. The Kier molecular flexibility index (Phi) is 4.45. The molecule has 0 radical (unpaired) electrons. The topological polar surface area (TPSA) is 72.2 Å². The van der Waals surface area contributed by atoms with Crippen molar-refractivity contribution in [3.63, 3.8) is 0 Å². The van der Waals surface area contributed by atoms with E-state index in [1.165, 1.54) is 18.2 Å². The van der Waals surface area contributed by atoms with E-state index in [4.69, 9.17) is 5.73 Å². The Bertz CT molecular complexity index is 483. The summed E-state index contributed by atoms with van der Waals surface area (Å²) in [6.07, 6.45) is 0. The molecule has 0 aliphatic rings. The fraction of sp³-hybridized carbons (Fsp3) is 0.417. The first kappa shape index (κ1) is 14.6. The summed E-state index contributed by atoms with van der Waals surface area (Å²) in [6, 6.07) is 3.90. The molecule has 1 amide bonds. The summed E-state index contributed by atoms with van der Waals surface area (Å²) in [7, 11) is -1.32. The molecule has 0 aliphatic heterocycles. The largest absolute Gasteiger partial charge is 0.399 e. The van der Waals surface area contributed by atoms with Gasteiger partial charge in [-0.25, -0.2) is 4.39 Å². The number of benzene rings is 1. The fourth-order valence-corrected chi connectivity index (χ4v) is 1.90. The van der Waals surface area contributed by atoms with Gasteiger partial charge >= 0.3 is 0 Å². The second kappa shape index (κ2) is 5.48. The number of halogens is 1. The molecule has 0 fully saturated rings. The molecule has 1 aromatic rings. The van der Waals surface area contributed by atoms with E-state index >= 15 is 0 Å². The molecule has 1 atom stereocenters. The van der Waals surface area contributed by atoms with Gasteiger partial charge in [-0.1, -0.05) is 0 Å². The second-order valence-corrected chi connectivity index (χ2v) is 7.09. The lowest BCUT2D eigenvalue weighted by Gasteiger charge is -2.17. The minimum absolute atomic E-state index is 0.00547. The van der Waals surface area contributed by atoms with Crippen LogP contribution >= 0.6 is 0 Å². The summed E-state index contributed by atoms with van der Waals surface area (Å²) < 4.78 is 24.6. The predicted molar refractivity (Wildman–Crippen MR) is 72.2 cm³/mol. The van der Waals surface area contributed by atoms with Gasteiger partial charge in [-0.15, -0.1) is 0 Å². The second-order valence-electron chi connectivity index (χ2n) is 4.89. The van der Waals surface area contributed by atoms with Crippen LogP contribution in [-0.2, 0) is 15.6 Å². The molecule has 4 nitrogen and oxygen atoms in total. The zero-order valence-corrected chi connectivity index (χ0v) is 11.4. The van der Waals surface area contributed by atoms with E-state index < -0.39 is 27.3 Å². The normalized spacial score (nSPS) is 13.1. The highest BCUT2D eigenvalue weighted by atomic mass is 32.2. The first-order valence-electron chi connectivity index (χ1n) is 5.43. The zero-order chi connectivity index (χ0) is 13.9. The summed E-state index contributed by atoms with van der Waals surface area (Å²) in [6.45, 7) is 5.33. The predicted octanol–water partition coefficient (Wildman–Crippen LogP) is 1.89. The molecular formula is C12H17FN2O2S. The summed E-state index contributed by atoms with van der Waals surface area (Å²) in [5.41, 5.74) is 5.85. The van der Waals surface area contributed by atoms with E-state index in [1.54, 1.807) is 20.8 Å². The van der Waals surface area contributed by atoms with Gasteiger partial charge in [-0.05, 0) is 39.0 Å². The standard InChI is InChI=1S/C12H17FN2O2S/c1-12(2,3)18(17)7-11(16)15-10-6-8(14)4-5-9(10)13/h4-6H,7,14H2,1-3H3,(H,15,16). The van der Waals surface area contributed by atoms with Crippen LogP contribution < -0.4 is 11.1 Å². The molecule has 0 aliphatic carbocycles. The molecule has 0 heterocycles. The lowest BCUT2D eigenvalue weighted by Crippen LogP contribution is -2.30. The van der Waals surface area contributed by atoms with Crippen LogP contribution in [-0.4, -0.2) is 20.6 Å². The van der Waals surface area contributed by atoms with Crippen molar-refractivity contribution in [3.05, 3.63) is 24.0 Å². The highest BCUT2D eigenvalue weighted by molar-refractivity contribution is 7.87. The molecule has 0 spiro atoms. The first-order chi connectivity index (χ1) is 8.20. The maximum Gasteiger partial charge on any atom is 0.237 e. The number of rotatable bonds is 3. The quantitative estimate of drug-likeness (QED) is 0.825. The number of nitrogen functional groups attached to an aromatic ring is 1. The highest BCUT2D eigenvalue weighted by Gasteiger charge is 2.22. The average molecular weight is 272 g/mol. The van der Waals surface area contributed by atoms with E-state index in [2.05, 4.69) is 5.32 Å². The molecule has 3 N–H and O–H groups in total. The van der Waals surface area contributed by atoms with Crippen molar-refractivity contribution in [3.8, 4) is 0 Å². The Labute approximate surface area is 108 Å². The Morgan fingerprint density at radius 3 is 2.61 bits per heavy atom. The van der Waals surface area contributed by atoms with Crippen LogP contribution in [0.2, 0.25) is 0 Å². The number of nitrogens with one attached hydrogen (secondary N) is 1. The van der Waals surface area contributed by atoms with E-state index in [-0.39, 0.29) is 11.4 Å². The lowest BCUT2D eigenvalue weighted by molar-refractivity contribution is -0.113. The number of nitrogens with two attached hydrogens (primary N) is 1. The number of anilines is 2. The zero-order valence-electron chi connectivity index (χ0n) is 10.6. The molecule has 18 heavy (non-hydrogen) atoms. The Morgan fingerprint density at radius 2 is 2.06 bits per heavy atom. The van der Waals surface area contributed by atoms with Gasteiger partial charge in [0, 0.05) is 21.2 Å². The van der Waals surface area contributed by atoms with Crippen LogP contribution in [0.25, 0.3) is 0 Å². The monoisotopic (exact) mass is 272 g/mol. The van der Waals surface area contributed by atoms with Gasteiger partial charge in [-0.3, -0.25) is 9.00 Å². The van der Waals surface area contributed by atoms with Gasteiger partial charge < -0.3 is 11.1 Å². The summed E-state index contributed by atoms with van der Waals surface area (Å²) >= 11 is 0. The van der Waals surface area contributed by atoms with Crippen LogP contribution in [0.4, 0.5) is 15.8 Å². The number of carbonyl (C=O) groups excluding carboxylic acids is 1. The van der Waals surface area contributed by atoms with Crippen molar-refractivity contribution in [2.75, 3.05) is 16.8 Å². The smallest absolute Gasteiger partial charge is 0.237 e. The van der Waals surface area contributed by atoms with Gasteiger partial charge in [0.05, 0.1) is 5.69 Å². The van der Waals surface area contributed by atoms with Gasteiger partial charge in [0.15, 0.2) is 0 Å². The molecule has 1 rings (SSSR count). The van der Waals surface area contributed by atoms with Crippen LogP contribution in [0.15, 0.2) is 18.2 Å². The van der Waals surface area contributed by atoms with Crippen molar-refractivity contribution >= 4 is 28.1 Å². The molecule has 100 valence electrons.